The Morgan fingerprint density at radius 2 is 1.91 bits per heavy atom. The van der Waals surface area contributed by atoms with Crippen LogP contribution in [0.25, 0.3) is 10.9 Å². The van der Waals surface area contributed by atoms with Gasteiger partial charge in [0.1, 0.15) is 5.82 Å². The standard InChI is InChI=1S/C25H27F3N4O3/c1-14-8-9-32(13-15(2)35-14)24(34)17-4-6-19(7-5-17)29-12-18-10-20-22(11-21(18)25(26,27)28)30-16(3)31-23(20)33/h4-7,10-11,14-15,29H,8-9,12-13H2,1-3H3,(H,30,31,33). The molecular weight excluding hydrogens is 461 g/mol. The van der Waals surface area contributed by atoms with Crippen LogP contribution in [-0.2, 0) is 17.5 Å². The molecule has 1 aliphatic rings. The number of fused-ring (bicyclic) bond motifs is 1. The molecule has 2 heterocycles. The van der Waals surface area contributed by atoms with E-state index in [9.17, 15) is 22.8 Å². The predicted molar refractivity (Wildman–Crippen MR) is 126 cm³/mol. The number of aromatic nitrogens is 2. The number of amides is 1. The quantitative estimate of drug-likeness (QED) is 0.565. The largest absolute Gasteiger partial charge is 0.416 e. The van der Waals surface area contributed by atoms with E-state index >= 15 is 0 Å². The molecule has 3 aromatic rings. The lowest BCUT2D eigenvalue weighted by Gasteiger charge is -2.22. The lowest BCUT2D eigenvalue weighted by molar-refractivity contribution is -0.138. The van der Waals surface area contributed by atoms with Crippen LogP contribution in [0.5, 0.6) is 0 Å². The maximum atomic E-state index is 13.7. The Morgan fingerprint density at radius 1 is 1.20 bits per heavy atom. The van der Waals surface area contributed by atoms with Crippen LogP contribution in [0.4, 0.5) is 18.9 Å². The van der Waals surface area contributed by atoms with Gasteiger partial charge in [-0.1, -0.05) is 0 Å². The summed E-state index contributed by atoms with van der Waals surface area (Å²) in [5.41, 5.74) is -0.387. The van der Waals surface area contributed by atoms with Gasteiger partial charge in [0, 0.05) is 30.9 Å². The number of rotatable bonds is 4. The highest BCUT2D eigenvalue weighted by Crippen LogP contribution is 2.34. The summed E-state index contributed by atoms with van der Waals surface area (Å²) in [6.07, 6.45) is -3.83. The summed E-state index contributed by atoms with van der Waals surface area (Å²) < 4.78 is 46.9. The van der Waals surface area contributed by atoms with Crippen molar-refractivity contribution in [2.45, 2.75) is 52.1 Å². The number of ether oxygens (including phenoxy) is 1. The molecular formula is C25H27F3N4O3. The summed E-state index contributed by atoms with van der Waals surface area (Å²) in [7, 11) is 0. The second-order valence-corrected chi connectivity index (χ2v) is 8.90. The highest BCUT2D eigenvalue weighted by molar-refractivity contribution is 5.94. The minimum Gasteiger partial charge on any atom is -0.381 e. The van der Waals surface area contributed by atoms with E-state index < -0.39 is 17.3 Å². The van der Waals surface area contributed by atoms with Gasteiger partial charge in [0.2, 0.25) is 0 Å². The van der Waals surface area contributed by atoms with Crippen LogP contribution in [0.2, 0.25) is 0 Å². The first-order chi connectivity index (χ1) is 16.5. The summed E-state index contributed by atoms with van der Waals surface area (Å²) in [4.78, 5) is 33.5. The van der Waals surface area contributed by atoms with Gasteiger partial charge in [-0.05, 0) is 69.2 Å². The number of nitrogens with zero attached hydrogens (tertiary/aromatic N) is 2. The third kappa shape index (κ3) is 5.64. The predicted octanol–water partition coefficient (Wildman–Crippen LogP) is 4.50. The Balaban J connectivity index is 1.52. The van der Waals surface area contributed by atoms with Crippen LogP contribution in [-0.4, -0.2) is 46.1 Å². The van der Waals surface area contributed by atoms with Crippen molar-refractivity contribution >= 4 is 22.5 Å². The van der Waals surface area contributed by atoms with Crippen LogP contribution in [0, 0.1) is 6.92 Å². The molecule has 1 aromatic heterocycles. The smallest absolute Gasteiger partial charge is 0.381 e. The fourth-order valence-corrected chi connectivity index (χ4v) is 4.30. The van der Waals surface area contributed by atoms with E-state index in [1.807, 2.05) is 13.8 Å². The SMILES string of the molecule is Cc1nc2cc(C(F)(F)F)c(CNc3ccc(C(=O)N4CCC(C)OC(C)C4)cc3)cc2c(=O)[nH]1. The van der Waals surface area contributed by atoms with Crippen molar-refractivity contribution in [2.24, 2.45) is 0 Å². The number of hydrogen-bond donors (Lipinski definition) is 2. The number of aryl methyl sites for hydroxylation is 1. The Labute approximate surface area is 200 Å². The molecule has 7 nitrogen and oxygen atoms in total. The maximum absolute atomic E-state index is 13.7. The number of hydrogen-bond acceptors (Lipinski definition) is 5. The summed E-state index contributed by atoms with van der Waals surface area (Å²) in [5.74, 6) is 0.129. The number of nitrogens with one attached hydrogen (secondary N) is 2. The van der Waals surface area contributed by atoms with Gasteiger partial charge < -0.3 is 19.9 Å². The lowest BCUT2D eigenvalue weighted by atomic mass is 10.0. The highest BCUT2D eigenvalue weighted by atomic mass is 19.4. The van der Waals surface area contributed by atoms with Gasteiger partial charge in [-0.15, -0.1) is 0 Å². The van der Waals surface area contributed by atoms with E-state index in [0.29, 0.717) is 24.3 Å². The molecule has 4 rings (SSSR count). The van der Waals surface area contributed by atoms with E-state index in [-0.39, 0.29) is 47.0 Å². The van der Waals surface area contributed by atoms with Gasteiger partial charge >= 0.3 is 6.18 Å². The molecule has 35 heavy (non-hydrogen) atoms. The second kappa shape index (κ2) is 9.69. The fourth-order valence-electron chi connectivity index (χ4n) is 4.30. The molecule has 0 saturated carbocycles. The third-order valence-electron chi connectivity index (χ3n) is 6.00. The molecule has 1 amide bonds. The number of benzene rings is 2. The molecule has 2 N–H and O–H groups in total. The molecule has 1 saturated heterocycles. The van der Waals surface area contributed by atoms with Crippen molar-refractivity contribution in [3.63, 3.8) is 0 Å². The topological polar surface area (TPSA) is 87.3 Å². The van der Waals surface area contributed by atoms with Crippen LogP contribution >= 0.6 is 0 Å². The average molecular weight is 489 g/mol. The van der Waals surface area contributed by atoms with E-state index in [0.717, 1.165) is 12.5 Å². The molecule has 0 aliphatic carbocycles. The number of carbonyl (C=O) groups excluding carboxylic acids is 1. The number of H-pyrrole nitrogens is 1. The summed E-state index contributed by atoms with van der Waals surface area (Å²) in [5, 5.41) is 3.05. The van der Waals surface area contributed by atoms with E-state index in [4.69, 9.17) is 4.74 Å². The monoisotopic (exact) mass is 488 g/mol. The Morgan fingerprint density at radius 3 is 2.60 bits per heavy atom. The van der Waals surface area contributed by atoms with Crippen LogP contribution in [0.1, 0.15) is 47.6 Å². The average Bonchev–Trinajstić information content (AvgIpc) is 2.96. The molecule has 1 fully saturated rings. The van der Waals surface area contributed by atoms with E-state index in [1.54, 1.807) is 29.2 Å². The first kappa shape index (κ1) is 24.7. The third-order valence-corrected chi connectivity index (χ3v) is 6.00. The molecule has 10 heteroatoms. The van der Waals surface area contributed by atoms with Gasteiger partial charge in [0.05, 0.1) is 28.7 Å². The molecule has 0 radical (unpaired) electrons. The zero-order valence-corrected chi connectivity index (χ0v) is 19.7. The lowest BCUT2D eigenvalue weighted by Crippen LogP contribution is -2.35. The van der Waals surface area contributed by atoms with Crippen LogP contribution < -0.4 is 10.9 Å². The number of carbonyl (C=O) groups is 1. The van der Waals surface area contributed by atoms with E-state index in [1.165, 1.54) is 13.0 Å². The Bertz CT molecular complexity index is 1290. The van der Waals surface area contributed by atoms with Crippen molar-refractivity contribution in [3.8, 4) is 0 Å². The number of halogens is 3. The van der Waals surface area contributed by atoms with E-state index in [2.05, 4.69) is 15.3 Å². The van der Waals surface area contributed by atoms with Gasteiger partial charge in [-0.3, -0.25) is 9.59 Å². The molecule has 2 aromatic carbocycles. The van der Waals surface area contributed by atoms with Gasteiger partial charge in [-0.25, -0.2) is 4.98 Å². The van der Waals surface area contributed by atoms with Crippen molar-refractivity contribution < 1.29 is 22.7 Å². The summed E-state index contributed by atoms with van der Waals surface area (Å²) in [6, 6.07) is 8.72. The first-order valence-electron chi connectivity index (χ1n) is 11.4. The van der Waals surface area contributed by atoms with Gasteiger partial charge in [-0.2, -0.15) is 13.2 Å². The minimum absolute atomic E-state index is 0.00665. The number of aromatic amines is 1. The van der Waals surface area contributed by atoms with Gasteiger partial charge in [0.15, 0.2) is 0 Å². The fraction of sp³-hybridized carbons (Fsp3) is 0.400. The molecule has 2 unspecified atom stereocenters. The molecule has 1 aliphatic heterocycles. The number of anilines is 1. The minimum atomic E-state index is -4.61. The van der Waals surface area contributed by atoms with Crippen molar-refractivity contribution in [1.82, 2.24) is 14.9 Å². The number of alkyl halides is 3. The zero-order valence-electron chi connectivity index (χ0n) is 19.7. The van der Waals surface area contributed by atoms with Crippen LogP contribution in [0.3, 0.4) is 0 Å². The summed E-state index contributed by atoms with van der Waals surface area (Å²) in [6.45, 7) is 6.36. The van der Waals surface area contributed by atoms with Crippen molar-refractivity contribution in [3.05, 3.63) is 69.3 Å². The van der Waals surface area contributed by atoms with Crippen molar-refractivity contribution in [1.29, 1.82) is 0 Å². The van der Waals surface area contributed by atoms with Gasteiger partial charge in [0.25, 0.3) is 11.5 Å². The van der Waals surface area contributed by atoms with Crippen molar-refractivity contribution in [2.75, 3.05) is 18.4 Å². The molecule has 186 valence electrons. The molecule has 0 bridgehead atoms. The Hall–Kier alpha value is -3.40. The second-order valence-electron chi connectivity index (χ2n) is 8.90. The molecule has 2 atom stereocenters. The first-order valence-corrected chi connectivity index (χ1v) is 11.4. The normalized spacial score (nSPS) is 19.0. The zero-order chi connectivity index (χ0) is 25.3. The Kier molecular flexibility index (Phi) is 6.84. The summed E-state index contributed by atoms with van der Waals surface area (Å²) >= 11 is 0. The molecule has 0 spiro atoms. The van der Waals surface area contributed by atoms with Crippen LogP contribution in [0.15, 0.2) is 41.2 Å². The highest BCUT2D eigenvalue weighted by Gasteiger charge is 2.34. The maximum Gasteiger partial charge on any atom is 0.416 e.